The van der Waals surface area contributed by atoms with Crippen molar-refractivity contribution in [3.63, 3.8) is 0 Å². The van der Waals surface area contributed by atoms with Crippen LogP contribution in [0.25, 0.3) is 0 Å². The van der Waals surface area contributed by atoms with Crippen LogP contribution in [0, 0.1) is 5.92 Å². The highest BCUT2D eigenvalue weighted by atomic mass is 14.2. The Labute approximate surface area is 142 Å². The first-order chi connectivity index (χ1) is 11.1. The standard InChI is InChI=1S/C23H30/c1-5-20(22-14-10-7-11-15-22)17-23(18(2)3)16-19(4)21-12-8-6-9-13-21/h6-15,19-20,23H,2,5,16-17H2,1,3-4H3. The average molecular weight is 306 g/mol. The molecular formula is C23H30. The molecule has 0 heterocycles. The van der Waals surface area contributed by atoms with E-state index < -0.39 is 0 Å². The lowest BCUT2D eigenvalue weighted by Gasteiger charge is -2.26. The van der Waals surface area contributed by atoms with Crippen LogP contribution in [0.5, 0.6) is 0 Å². The molecule has 0 aliphatic heterocycles. The summed E-state index contributed by atoms with van der Waals surface area (Å²) < 4.78 is 0. The number of rotatable bonds is 8. The van der Waals surface area contributed by atoms with E-state index in [0.29, 0.717) is 17.8 Å². The summed E-state index contributed by atoms with van der Waals surface area (Å²) in [6.07, 6.45) is 3.57. The summed E-state index contributed by atoms with van der Waals surface area (Å²) >= 11 is 0. The fraction of sp³-hybridized carbons (Fsp3) is 0.391. The molecule has 0 amide bonds. The molecule has 3 unspecified atom stereocenters. The second-order valence-corrected chi connectivity index (χ2v) is 6.84. The lowest BCUT2D eigenvalue weighted by Crippen LogP contribution is -2.11. The summed E-state index contributed by atoms with van der Waals surface area (Å²) in [7, 11) is 0. The van der Waals surface area contributed by atoms with Gasteiger partial charge in [-0.3, -0.25) is 0 Å². The first-order valence-electron chi connectivity index (χ1n) is 8.87. The Bertz CT molecular complexity index is 582. The van der Waals surface area contributed by atoms with Crippen LogP contribution in [0.15, 0.2) is 72.8 Å². The Hall–Kier alpha value is -1.82. The molecule has 2 rings (SSSR count). The second-order valence-electron chi connectivity index (χ2n) is 6.84. The van der Waals surface area contributed by atoms with Crippen LogP contribution in [-0.4, -0.2) is 0 Å². The van der Waals surface area contributed by atoms with Gasteiger partial charge in [-0.05, 0) is 55.1 Å². The van der Waals surface area contributed by atoms with Gasteiger partial charge in [-0.2, -0.15) is 0 Å². The van der Waals surface area contributed by atoms with E-state index in [9.17, 15) is 0 Å². The monoisotopic (exact) mass is 306 g/mol. The first kappa shape index (κ1) is 17.5. The lowest BCUT2D eigenvalue weighted by molar-refractivity contribution is 0.426. The molecule has 3 atom stereocenters. The number of benzene rings is 2. The summed E-state index contributed by atoms with van der Waals surface area (Å²) in [5.41, 5.74) is 4.22. The highest BCUT2D eigenvalue weighted by Gasteiger charge is 2.20. The highest BCUT2D eigenvalue weighted by molar-refractivity contribution is 5.22. The quantitative estimate of drug-likeness (QED) is 0.462. The van der Waals surface area contributed by atoms with Gasteiger partial charge in [-0.15, -0.1) is 0 Å². The van der Waals surface area contributed by atoms with Crippen molar-refractivity contribution in [2.75, 3.05) is 0 Å². The molecule has 0 aliphatic rings. The van der Waals surface area contributed by atoms with Gasteiger partial charge in [0.05, 0.1) is 0 Å². The smallest absolute Gasteiger partial charge is 0.0159 e. The van der Waals surface area contributed by atoms with Crippen molar-refractivity contribution in [2.45, 2.75) is 51.9 Å². The lowest BCUT2D eigenvalue weighted by atomic mass is 9.79. The molecule has 122 valence electrons. The molecule has 0 N–H and O–H groups in total. The van der Waals surface area contributed by atoms with Crippen molar-refractivity contribution in [1.29, 1.82) is 0 Å². The van der Waals surface area contributed by atoms with Crippen molar-refractivity contribution >= 4 is 0 Å². The van der Waals surface area contributed by atoms with E-state index in [1.165, 1.54) is 36.0 Å². The SMILES string of the molecule is C=C(C)C(CC(C)c1ccccc1)CC(CC)c1ccccc1. The third-order valence-corrected chi connectivity index (χ3v) is 5.04. The van der Waals surface area contributed by atoms with Crippen molar-refractivity contribution in [3.8, 4) is 0 Å². The number of hydrogen-bond acceptors (Lipinski definition) is 0. The topological polar surface area (TPSA) is 0 Å². The molecule has 0 bridgehead atoms. The van der Waals surface area contributed by atoms with Crippen LogP contribution >= 0.6 is 0 Å². The highest BCUT2D eigenvalue weighted by Crippen LogP contribution is 2.35. The van der Waals surface area contributed by atoms with E-state index in [-0.39, 0.29) is 0 Å². The van der Waals surface area contributed by atoms with E-state index in [2.05, 4.69) is 88.0 Å². The fourth-order valence-electron chi connectivity index (χ4n) is 3.45. The van der Waals surface area contributed by atoms with E-state index in [1.54, 1.807) is 0 Å². The van der Waals surface area contributed by atoms with Crippen molar-refractivity contribution < 1.29 is 0 Å². The summed E-state index contributed by atoms with van der Waals surface area (Å²) in [6.45, 7) is 11.1. The van der Waals surface area contributed by atoms with Gasteiger partial charge in [-0.1, -0.05) is 86.7 Å². The maximum Gasteiger partial charge on any atom is -0.0159 e. The fourth-order valence-corrected chi connectivity index (χ4v) is 3.45. The minimum atomic E-state index is 0.575. The van der Waals surface area contributed by atoms with Crippen LogP contribution in [0.1, 0.15) is 63.0 Å². The van der Waals surface area contributed by atoms with Gasteiger partial charge in [0, 0.05) is 0 Å². The molecule has 0 aromatic heterocycles. The normalized spacial score (nSPS) is 14.9. The van der Waals surface area contributed by atoms with Crippen molar-refractivity contribution in [1.82, 2.24) is 0 Å². The zero-order chi connectivity index (χ0) is 16.7. The zero-order valence-corrected chi connectivity index (χ0v) is 14.8. The summed E-state index contributed by atoms with van der Waals surface area (Å²) in [4.78, 5) is 0. The summed E-state index contributed by atoms with van der Waals surface area (Å²) in [6, 6.07) is 21.8. The maximum atomic E-state index is 4.28. The van der Waals surface area contributed by atoms with E-state index in [1.807, 2.05) is 0 Å². The molecule has 2 aromatic rings. The molecule has 0 fully saturated rings. The van der Waals surface area contributed by atoms with Crippen LogP contribution in [0.2, 0.25) is 0 Å². The molecule has 0 nitrogen and oxygen atoms in total. The van der Waals surface area contributed by atoms with Gasteiger partial charge in [0.1, 0.15) is 0 Å². The van der Waals surface area contributed by atoms with Crippen molar-refractivity contribution in [2.24, 2.45) is 5.92 Å². The Balaban J connectivity index is 2.07. The molecule has 23 heavy (non-hydrogen) atoms. The Morgan fingerprint density at radius 2 is 1.39 bits per heavy atom. The summed E-state index contributed by atoms with van der Waals surface area (Å²) in [5, 5.41) is 0. The van der Waals surface area contributed by atoms with Gasteiger partial charge in [0.2, 0.25) is 0 Å². The van der Waals surface area contributed by atoms with E-state index >= 15 is 0 Å². The van der Waals surface area contributed by atoms with Gasteiger partial charge in [-0.25, -0.2) is 0 Å². The zero-order valence-electron chi connectivity index (χ0n) is 14.8. The number of allylic oxidation sites excluding steroid dienone is 1. The minimum absolute atomic E-state index is 0.575. The predicted molar refractivity (Wildman–Crippen MR) is 102 cm³/mol. The molecular weight excluding hydrogens is 276 g/mol. The first-order valence-corrected chi connectivity index (χ1v) is 8.87. The Morgan fingerprint density at radius 3 is 1.87 bits per heavy atom. The van der Waals surface area contributed by atoms with Crippen molar-refractivity contribution in [3.05, 3.63) is 83.9 Å². The third kappa shape index (κ3) is 5.10. The van der Waals surface area contributed by atoms with E-state index in [4.69, 9.17) is 0 Å². The predicted octanol–water partition coefficient (Wildman–Crippen LogP) is 6.96. The van der Waals surface area contributed by atoms with Crippen LogP contribution in [0.3, 0.4) is 0 Å². The maximum absolute atomic E-state index is 4.28. The Morgan fingerprint density at radius 1 is 0.870 bits per heavy atom. The van der Waals surface area contributed by atoms with Crippen LogP contribution < -0.4 is 0 Å². The van der Waals surface area contributed by atoms with Gasteiger partial charge < -0.3 is 0 Å². The number of hydrogen-bond donors (Lipinski definition) is 0. The minimum Gasteiger partial charge on any atom is -0.0999 e. The molecule has 0 saturated heterocycles. The Kier molecular flexibility index (Phi) is 6.65. The van der Waals surface area contributed by atoms with Gasteiger partial charge in [0.25, 0.3) is 0 Å². The van der Waals surface area contributed by atoms with E-state index in [0.717, 1.165) is 0 Å². The molecule has 0 spiro atoms. The molecule has 0 aliphatic carbocycles. The largest absolute Gasteiger partial charge is 0.0999 e. The molecule has 2 aromatic carbocycles. The average Bonchev–Trinajstić information content (AvgIpc) is 2.59. The third-order valence-electron chi connectivity index (χ3n) is 5.04. The molecule has 0 saturated carbocycles. The summed E-state index contributed by atoms with van der Waals surface area (Å²) in [5.74, 6) is 1.78. The van der Waals surface area contributed by atoms with Gasteiger partial charge >= 0.3 is 0 Å². The second kappa shape index (κ2) is 8.72. The molecule has 0 radical (unpaired) electrons. The van der Waals surface area contributed by atoms with Gasteiger partial charge in [0.15, 0.2) is 0 Å². The molecule has 0 heteroatoms. The van der Waals surface area contributed by atoms with Crippen LogP contribution in [-0.2, 0) is 0 Å². The van der Waals surface area contributed by atoms with Crippen LogP contribution in [0.4, 0.5) is 0 Å².